The van der Waals surface area contributed by atoms with E-state index in [0.717, 1.165) is 11.1 Å². The highest BCUT2D eigenvalue weighted by molar-refractivity contribution is 6.03. The molecule has 0 aliphatic rings. The Bertz CT molecular complexity index is 1160. The fraction of sp³-hybridized carbons (Fsp3) is 0.115. The topological polar surface area (TPSA) is 77.0 Å². The van der Waals surface area contributed by atoms with Crippen LogP contribution in [0.15, 0.2) is 60.7 Å². The van der Waals surface area contributed by atoms with Crippen LogP contribution >= 0.6 is 0 Å². The second-order valence-electron chi connectivity index (χ2n) is 6.94. The normalized spacial score (nSPS) is 11.0. The molecule has 0 aliphatic heterocycles. The third-order valence-corrected chi connectivity index (χ3v) is 4.73. The Kier molecular flexibility index (Phi) is 7.70. The highest BCUT2D eigenvalue weighted by Crippen LogP contribution is 2.38. The molecule has 0 heterocycles. The van der Waals surface area contributed by atoms with Crippen LogP contribution in [-0.2, 0) is 4.79 Å². The summed E-state index contributed by atoms with van der Waals surface area (Å²) in [4.78, 5) is 12.3. The average Bonchev–Trinajstić information content (AvgIpc) is 2.83. The minimum absolute atomic E-state index is 0.0662. The molecule has 0 atom stereocenters. The number of carbonyl (C=O) groups excluding carboxylic acids is 1. The predicted octanol–water partition coefficient (Wildman–Crippen LogP) is 5.38. The number of ether oxygens (including phenoxy) is 3. The van der Waals surface area contributed by atoms with Gasteiger partial charge >= 0.3 is 0 Å². The van der Waals surface area contributed by atoms with Crippen molar-refractivity contribution in [3.8, 4) is 23.0 Å². The van der Waals surface area contributed by atoms with E-state index in [0.29, 0.717) is 22.8 Å². The van der Waals surface area contributed by atoms with E-state index in [4.69, 9.17) is 14.2 Å². The van der Waals surface area contributed by atoms with Crippen LogP contribution < -0.4 is 19.5 Å². The first kappa shape index (κ1) is 23.4. The van der Waals surface area contributed by atoms with Crippen molar-refractivity contribution < 1.29 is 28.5 Å². The van der Waals surface area contributed by atoms with Crippen molar-refractivity contribution in [3.05, 3.63) is 83.2 Å². The quantitative estimate of drug-likeness (QED) is 0.274. The largest absolute Gasteiger partial charge is 0.506 e. The van der Waals surface area contributed by atoms with Crippen molar-refractivity contribution in [1.29, 1.82) is 0 Å². The SMILES string of the molecule is COc1cc(/C=C/c2ccc(O)c(NC(=O)/C=C/c3ccc(F)cc3)c2)cc(OC)c1OC. The standard InChI is InChI=1S/C26H24FNO5/c1-31-23-15-19(16-24(32-2)26(23)33-3)5-4-18-8-12-22(29)21(14-18)28-25(30)13-9-17-6-10-20(27)11-7-17/h4-16,29H,1-3H3,(H,28,30)/b5-4+,13-9+. The third kappa shape index (κ3) is 6.13. The maximum atomic E-state index is 13.0. The Morgan fingerprint density at radius 2 is 1.42 bits per heavy atom. The molecule has 0 unspecified atom stereocenters. The monoisotopic (exact) mass is 449 g/mol. The predicted molar refractivity (Wildman–Crippen MR) is 127 cm³/mol. The van der Waals surface area contributed by atoms with Crippen LogP contribution in [0.25, 0.3) is 18.2 Å². The second-order valence-corrected chi connectivity index (χ2v) is 6.94. The van der Waals surface area contributed by atoms with E-state index in [1.54, 1.807) is 56.7 Å². The average molecular weight is 449 g/mol. The molecular weight excluding hydrogens is 425 g/mol. The number of carbonyl (C=O) groups is 1. The molecule has 33 heavy (non-hydrogen) atoms. The molecule has 1 amide bonds. The summed E-state index contributed by atoms with van der Waals surface area (Å²) < 4.78 is 29.0. The number of nitrogens with one attached hydrogen (secondary N) is 1. The summed E-state index contributed by atoms with van der Waals surface area (Å²) >= 11 is 0. The first-order valence-corrected chi connectivity index (χ1v) is 9.99. The highest BCUT2D eigenvalue weighted by Gasteiger charge is 2.12. The molecule has 3 rings (SSSR count). The summed E-state index contributed by atoms with van der Waals surface area (Å²) in [6, 6.07) is 14.2. The fourth-order valence-electron chi connectivity index (χ4n) is 3.07. The lowest BCUT2D eigenvalue weighted by Gasteiger charge is -2.12. The van der Waals surface area contributed by atoms with Crippen LogP contribution in [0.5, 0.6) is 23.0 Å². The molecule has 7 heteroatoms. The lowest BCUT2D eigenvalue weighted by Crippen LogP contribution is -2.08. The zero-order valence-electron chi connectivity index (χ0n) is 18.5. The molecule has 0 radical (unpaired) electrons. The third-order valence-electron chi connectivity index (χ3n) is 4.73. The molecule has 3 aromatic rings. The van der Waals surface area contributed by atoms with Gasteiger partial charge in [0.25, 0.3) is 0 Å². The van der Waals surface area contributed by atoms with Gasteiger partial charge in [0.2, 0.25) is 11.7 Å². The molecule has 2 N–H and O–H groups in total. The van der Waals surface area contributed by atoms with E-state index in [9.17, 15) is 14.3 Å². The minimum Gasteiger partial charge on any atom is -0.506 e. The van der Waals surface area contributed by atoms with E-state index >= 15 is 0 Å². The number of amides is 1. The number of hydrogen-bond acceptors (Lipinski definition) is 5. The smallest absolute Gasteiger partial charge is 0.248 e. The Labute approximate surface area is 191 Å². The molecule has 0 saturated carbocycles. The molecule has 0 aliphatic carbocycles. The summed E-state index contributed by atoms with van der Waals surface area (Å²) in [5.74, 6) is 0.716. The number of rotatable bonds is 8. The number of benzene rings is 3. The van der Waals surface area contributed by atoms with Gasteiger partial charge in [-0.15, -0.1) is 0 Å². The van der Waals surface area contributed by atoms with E-state index < -0.39 is 5.91 Å². The van der Waals surface area contributed by atoms with Crippen molar-refractivity contribution in [2.45, 2.75) is 0 Å². The number of aromatic hydroxyl groups is 1. The fourth-order valence-corrected chi connectivity index (χ4v) is 3.07. The minimum atomic E-state index is -0.430. The van der Waals surface area contributed by atoms with Crippen LogP contribution in [0.4, 0.5) is 10.1 Å². The van der Waals surface area contributed by atoms with Gasteiger partial charge in [0, 0.05) is 6.08 Å². The number of methoxy groups -OCH3 is 3. The van der Waals surface area contributed by atoms with Gasteiger partial charge in [-0.25, -0.2) is 4.39 Å². The molecule has 0 bridgehead atoms. The molecule has 0 saturated heterocycles. The highest BCUT2D eigenvalue weighted by atomic mass is 19.1. The first-order chi connectivity index (χ1) is 15.9. The first-order valence-electron chi connectivity index (χ1n) is 9.99. The summed E-state index contributed by atoms with van der Waals surface area (Å²) in [7, 11) is 4.63. The van der Waals surface area contributed by atoms with E-state index in [1.165, 1.54) is 31.4 Å². The lowest BCUT2D eigenvalue weighted by molar-refractivity contribution is -0.111. The Morgan fingerprint density at radius 3 is 2.03 bits per heavy atom. The number of phenols is 1. The number of phenolic OH excluding ortho intramolecular Hbond substituents is 1. The number of hydrogen-bond donors (Lipinski definition) is 2. The van der Waals surface area contributed by atoms with E-state index in [-0.39, 0.29) is 17.3 Å². The van der Waals surface area contributed by atoms with Gasteiger partial charge in [0.1, 0.15) is 11.6 Å². The molecule has 6 nitrogen and oxygen atoms in total. The van der Waals surface area contributed by atoms with Gasteiger partial charge in [0.15, 0.2) is 11.5 Å². The van der Waals surface area contributed by atoms with Crippen molar-refractivity contribution in [2.75, 3.05) is 26.6 Å². The Balaban J connectivity index is 1.76. The lowest BCUT2D eigenvalue weighted by atomic mass is 10.1. The van der Waals surface area contributed by atoms with Gasteiger partial charge in [-0.05, 0) is 59.2 Å². The Morgan fingerprint density at radius 1 is 0.818 bits per heavy atom. The van der Waals surface area contributed by atoms with Gasteiger partial charge in [-0.1, -0.05) is 30.4 Å². The van der Waals surface area contributed by atoms with Crippen LogP contribution in [-0.4, -0.2) is 32.3 Å². The number of anilines is 1. The molecular formula is C26H24FNO5. The summed E-state index contributed by atoms with van der Waals surface area (Å²) in [6.45, 7) is 0. The molecule has 0 aromatic heterocycles. The Hall–Kier alpha value is -4.26. The van der Waals surface area contributed by atoms with Crippen molar-refractivity contribution in [2.24, 2.45) is 0 Å². The van der Waals surface area contributed by atoms with Crippen molar-refractivity contribution in [3.63, 3.8) is 0 Å². The summed E-state index contributed by atoms with van der Waals surface area (Å²) in [5.41, 5.74) is 2.50. The maximum absolute atomic E-state index is 13.0. The number of halogens is 1. The van der Waals surface area contributed by atoms with Crippen molar-refractivity contribution >= 4 is 29.8 Å². The summed E-state index contributed by atoms with van der Waals surface area (Å²) in [6.07, 6.45) is 6.53. The van der Waals surface area contributed by atoms with Crippen molar-refractivity contribution in [1.82, 2.24) is 0 Å². The van der Waals surface area contributed by atoms with Crippen LogP contribution in [0.1, 0.15) is 16.7 Å². The van der Waals surface area contributed by atoms with E-state index in [2.05, 4.69) is 5.32 Å². The molecule has 0 spiro atoms. The summed E-state index contributed by atoms with van der Waals surface area (Å²) in [5, 5.41) is 12.8. The van der Waals surface area contributed by atoms with Gasteiger partial charge in [-0.2, -0.15) is 0 Å². The molecule has 0 fully saturated rings. The molecule has 170 valence electrons. The zero-order valence-corrected chi connectivity index (χ0v) is 18.5. The van der Waals surface area contributed by atoms with Crippen LogP contribution in [0.3, 0.4) is 0 Å². The van der Waals surface area contributed by atoms with Crippen LogP contribution in [0, 0.1) is 5.82 Å². The second kappa shape index (κ2) is 10.9. The van der Waals surface area contributed by atoms with E-state index in [1.807, 2.05) is 12.2 Å². The molecule has 3 aromatic carbocycles. The van der Waals surface area contributed by atoms with Gasteiger partial charge in [0.05, 0.1) is 27.0 Å². The maximum Gasteiger partial charge on any atom is 0.248 e. The van der Waals surface area contributed by atoms with Crippen LogP contribution in [0.2, 0.25) is 0 Å². The van der Waals surface area contributed by atoms with Gasteiger partial charge < -0.3 is 24.6 Å². The van der Waals surface area contributed by atoms with Gasteiger partial charge in [-0.3, -0.25) is 4.79 Å². The zero-order chi connectivity index (χ0) is 23.8.